The summed E-state index contributed by atoms with van der Waals surface area (Å²) in [6, 6.07) is 1.69. The molecule has 0 atom stereocenters. The number of carbonyl (C=O) groups excluding carboxylic acids is 1. The molecule has 0 saturated carbocycles. The minimum atomic E-state index is 0.00157. The van der Waals surface area contributed by atoms with E-state index in [4.69, 9.17) is 5.73 Å². The summed E-state index contributed by atoms with van der Waals surface area (Å²) in [4.78, 5) is 13.3. The largest absolute Gasteiger partial charge is 0.397 e. The number of nitrogen functional groups attached to an aromatic ring is 1. The van der Waals surface area contributed by atoms with Crippen LogP contribution < -0.4 is 5.73 Å². The van der Waals surface area contributed by atoms with E-state index in [2.05, 4.69) is 0 Å². The van der Waals surface area contributed by atoms with Gasteiger partial charge in [0.2, 0.25) is 0 Å². The Bertz CT molecular complexity index is 317. The Kier molecular flexibility index (Phi) is 2.60. The van der Waals surface area contributed by atoms with Crippen LogP contribution in [0.3, 0.4) is 0 Å². The molecule has 0 fully saturated rings. The zero-order chi connectivity index (χ0) is 10.0. The third-order valence-electron chi connectivity index (χ3n) is 2.07. The molecule has 0 bridgehead atoms. The van der Waals surface area contributed by atoms with Gasteiger partial charge in [-0.25, -0.2) is 0 Å². The van der Waals surface area contributed by atoms with Crippen molar-refractivity contribution in [2.45, 2.75) is 6.92 Å². The lowest BCUT2D eigenvalue weighted by Gasteiger charge is -2.14. The Morgan fingerprint density at radius 3 is 2.69 bits per heavy atom. The van der Waals surface area contributed by atoms with Gasteiger partial charge in [0, 0.05) is 26.8 Å². The molecule has 0 aliphatic heterocycles. The van der Waals surface area contributed by atoms with Crippen molar-refractivity contribution in [3.05, 3.63) is 18.0 Å². The number of anilines is 1. The number of nitrogens with zero attached hydrogens (tertiary/aromatic N) is 2. The number of carbonyl (C=O) groups is 1. The molecule has 13 heavy (non-hydrogen) atoms. The van der Waals surface area contributed by atoms with Gasteiger partial charge >= 0.3 is 0 Å². The van der Waals surface area contributed by atoms with Crippen LogP contribution in [0.5, 0.6) is 0 Å². The quantitative estimate of drug-likeness (QED) is 0.730. The van der Waals surface area contributed by atoms with Crippen molar-refractivity contribution in [3.8, 4) is 0 Å². The maximum Gasteiger partial charge on any atom is 0.270 e. The third kappa shape index (κ3) is 1.83. The van der Waals surface area contributed by atoms with Gasteiger partial charge < -0.3 is 15.2 Å². The zero-order valence-corrected chi connectivity index (χ0v) is 8.24. The van der Waals surface area contributed by atoms with Gasteiger partial charge in [-0.1, -0.05) is 0 Å². The Morgan fingerprint density at radius 2 is 2.31 bits per heavy atom. The van der Waals surface area contributed by atoms with Crippen molar-refractivity contribution in [2.24, 2.45) is 7.05 Å². The summed E-state index contributed by atoms with van der Waals surface area (Å²) in [6.45, 7) is 2.63. The summed E-state index contributed by atoms with van der Waals surface area (Å²) >= 11 is 0. The predicted molar refractivity (Wildman–Crippen MR) is 52.5 cm³/mol. The molecule has 1 amide bonds. The summed E-state index contributed by atoms with van der Waals surface area (Å²) in [6.07, 6.45) is 1.73. The van der Waals surface area contributed by atoms with E-state index < -0.39 is 0 Å². The first-order chi connectivity index (χ1) is 6.06. The molecule has 4 heteroatoms. The average Bonchev–Trinajstić information content (AvgIpc) is 2.42. The van der Waals surface area contributed by atoms with Crippen molar-refractivity contribution in [3.63, 3.8) is 0 Å². The maximum absolute atomic E-state index is 11.7. The van der Waals surface area contributed by atoms with Gasteiger partial charge in [-0.05, 0) is 13.0 Å². The highest BCUT2D eigenvalue weighted by Gasteiger charge is 2.13. The van der Waals surface area contributed by atoms with Crippen LogP contribution in [0.15, 0.2) is 12.3 Å². The lowest BCUT2D eigenvalue weighted by Crippen LogP contribution is -2.27. The molecular formula is C9H15N3O. The molecule has 0 saturated heterocycles. The van der Waals surface area contributed by atoms with Gasteiger partial charge in [-0.2, -0.15) is 0 Å². The third-order valence-corrected chi connectivity index (χ3v) is 2.07. The number of aryl methyl sites for hydroxylation is 1. The number of hydrogen-bond acceptors (Lipinski definition) is 2. The first kappa shape index (κ1) is 9.64. The molecule has 0 spiro atoms. The van der Waals surface area contributed by atoms with Gasteiger partial charge in [-0.15, -0.1) is 0 Å². The smallest absolute Gasteiger partial charge is 0.270 e. The van der Waals surface area contributed by atoms with E-state index in [1.165, 1.54) is 0 Å². The summed E-state index contributed by atoms with van der Waals surface area (Å²) in [5.74, 6) is 0.00157. The molecule has 0 aromatic carbocycles. The van der Waals surface area contributed by atoms with Crippen LogP contribution in [0.2, 0.25) is 0 Å². The fraction of sp³-hybridized carbons (Fsp3) is 0.444. The molecule has 1 heterocycles. The van der Waals surface area contributed by atoms with Crippen molar-refractivity contribution in [2.75, 3.05) is 19.3 Å². The summed E-state index contributed by atoms with van der Waals surface area (Å²) in [5, 5.41) is 0. The topological polar surface area (TPSA) is 51.3 Å². The van der Waals surface area contributed by atoms with E-state index >= 15 is 0 Å². The molecule has 72 valence electrons. The van der Waals surface area contributed by atoms with Crippen molar-refractivity contribution < 1.29 is 4.79 Å². The van der Waals surface area contributed by atoms with Gasteiger partial charge in [-0.3, -0.25) is 4.79 Å². The molecule has 0 aliphatic carbocycles. The first-order valence-corrected chi connectivity index (χ1v) is 4.23. The highest BCUT2D eigenvalue weighted by atomic mass is 16.2. The lowest BCUT2D eigenvalue weighted by atomic mass is 10.3. The van der Waals surface area contributed by atoms with Crippen LogP contribution in [0, 0.1) is 0 Å². The van der Waals surface area contributed by atoms with E-state index in [-0.39, 0.29) is 5.91 Å². The van der Waals surface area contributed by atoms with Gasteiger partial charge in [0.1, 0.15) is 5.69 Å². The van der Waals surface area contributed by atoms with E-state index in [9.17, 15) is 4.79 Å². The molecule has 1 rings (SSSR count). The highest BCUT2D eigenvalue weighted by Crippen LogP contribution is 2.10. The summed E-state index contributed by atoms with van der Waals surface area (Å²) in [5.41, 5.74) is 6.81. The Balaban J connectivity index is 2.94. The first-order valence-electron chi connectivity index (χ1n) is 4.23. The van der Waals surface area contributed by atoms with Crippen LogP contribution >= 0.6 is 0 Å². The SMILES string of the molecule is CCN(C)C(=O)c1cc(N)cn1C. The Morgan fingerprint density at radius 1 is 1.69 bits per heavy atom. The van der Waals surface area contributed by atoms with Crippen LogP contribution in [0.4, 0.5) is 5.69 Å². The van der Waals surface area contributed by atoms with E-state index in [0.29, 0.717) is 17.9 Å². The number of nitrogens with two attached hydrogens (primary N) is 1. The molecule has 1 aromatic heterocycles. The molecule has 4 nitrogen and oxygen atoms in total. The number of rotatable bonds is 2. The highest BCUT2D eigenvalue weighted by molar-refractivity contribution is 5.93. The van der Waals surface area contributed by atoms with Crippen molar-refractivity contribution in [1.82, 2.24) is 9.47 Å². The van der Waals surface area contributed by atoms with Crippen LogP contribution in [0.1, 0.15) is 17.4 Å². The van der Waals surface area contributed by atoms with Crippen LogP contribution in [-0.2, 0) is 7.05 Å². The second-order valence-corrected chi connectivity index (χ2v) is 3.09. The second-order valence-electron chi connectivity index (χ2n) is 3.09. The van der Waals surface area contributed by atoms with Crippen molar-refractivity contribution >= 4 is 11.6 Å². The second kappa shape index (κ2) is 3.51. The fourth-order valence-electron chi connectivity index (χ4n) is 1.14. The van der Waals surface area contributed by atoms with Crippen LogP contribution in [0.25, 0.3) is 0 Å². The molecule has 1 aromatic rings. The normalized spacial score (nSPS) is 10.1. The average molecular weight is 181 g/mol. The standard InChI is InChI=1S/C9H15N3O/c1-4-11(2)9(13)8-5-7(10)6-12(8)3/h5-6H,4,10H2,1-3H3. The minimum absolute atomic E-state index is 0.00157. The zero-order valence-electron chi connectivity index (χ0n) is 8.24. The van der Waals surface area contributed by atoms with Crippen molar-refractivity contribution in [1.29, 1.82) is 0 Å². The molecule has 2 N–H and O–H groups in total. The number of amides is 1. The predicted octanol–water partition coefficient (Wildman–Crippen LogP) is 0.699. The molecular weight excluding hydrogens is 166 g/mol. The number of aromatic nitrogens is 1. The minimum Gasteiger partial charge on any atom is -0.397 e. The molecule has 0 radical (unpaired) electrons. The fourth-order valence-corrected chi connectivity index (χ4v) is 1.14. The van der Waals surface area contributed by atoms with E-state index in [1.807, 2.05) is 14.0 Å². The lowest BCUT2D eigenvalue weighted by molar-refractivity contribution is 0.0793. The van der Waals surface area contributed by atoms with Crippen LogP contribution in [-0.4, -0.2) is 29.0 Å². The molecule has 0 unspecified atom stereocenters. The van der Waals surface area contributed by atoms with Gasteiger partial charge in [0.15, 0.2) is 0 Å². The van der Waals surface area contributed by atoms with E-state index in [1.54, 1.807) is 28.8 Å². The summed E-state index contributed by atoms with van der Waals surface area (Å²) < 4.78 is 1.74. The van der Waals surface area contributed by atoms with Gasteiger partial charge in [0.05, 0.1) is 5.69 Å². The Labute approximate surface area is 77.9 Å². The van der Waals surface area contributed by atoms with Gasteiger partial charge in [0.25, 0.3) is 5.91 Å². The summed E-state index contributed by atoms with van der Waals surface area (Å²) in [7, 11) is 3.58. The van der Waals surface area contributed by atoms with E-state index in [0.717, 1.165) is 0 Å². The number of hydrogen-bond donors (Lipinski definition) is 1. The molecule has 0 aliphatic rings. The maximum atomic E-state index is 11.7. The Hall–Kier alpha value is -1.45. The monoisotopic (exact) mass is 181 g/mol.